The van der Waals surface area contributed by atoms with E-state index in [4.69, 9.17) is 0 Å². The molecule has 0 aliphatic heterocycles. The number of nitrogens with zero attached hydrogens (tertiary/aromatic N) is 1. The van der Waals surface area contributed by atoms with Gasteiger partial charge in [0.25, 0.3) is 0 Å². The van der Waals surface area contributed by atoms with Gasteiger partial charge in [0.2, 0.25) is 0 Å². The summed E-state index contributed by atoms with van der Waals surface area (Å²) >= 11 is 3.31. The van der Waals surface area contributed by atoms with Gasteiger partial charge in [-0.15, -0.1) is 0 Å². The topological polar surface area (TPSA) is 15.3 Å². The van der Waals surface area contributed by atoms with Gasteiger partial charge in [-0.1, -0.05) is 22.0 Å². The van der Waals surface area contributed by atoms with Crippen LogP contribution in [0.1, 0.15) is 18.4 Å². The largest absolute Gasteiger partial charge is 0.405 e. The molecule has 0 radical (unpaired) electrons. The van der Waals surface area contributed by atoms with E-state index in [0.717, 1.165) is 22.9 Å². The summed E-state index contributed by atoms with van der Waals surface area (Å²) in [6.07, 6.45) is -1.88. The predicted molar refractivity (Wildman–Crippen MR) is 73.3 cm³/mol. The fraction of sp³-hybridized carbons (Fsp3) is 0.538. The van der Waals surface area contributed by atoms with Crippen molar-refractivity contribution in [3.63, 3.8) is 0 Å². The van der Waals surface area contributed by atoms with Gasteiger partial charge in [0.15, 0.2) is 0 Å². The van der Waals surface area contributed by atoms with E-state index >= 15 is 0 Å². The van der Waals surface area contributed by atoms with E-state index in [2.05, 4.69) is 21.2 Å². The number of benzene rings is 1. The molecule has 0 unspecified atom stereocenters. The maximum Gasteiger partial charge on any atom is 0.405 e. The Hall–Kier alpha value is -0.750. The maximum absolute atomic E-state index is 12.5. The number of alkyl halides is 3. The molecule has 0 saturated heterocycles. The quantitative estimate of drug-likeness (QED) is 0.881. The van der Waals surface area contributed by atoms with Crippen LogP contribution in [0.5, 0.6) is 0 Å². The van der Waals surface area contributed by atoms with Crippen LogP contribution >= 0.6 is 15.9 Å². The van der Waals surface area contributed by atoms with Gasteiger partial charge in [-0.05, 0) is 30.5 Å². The Labute approximate surface area is 119 Å². The molecule has 0 aromatic heterocycles. The molecule has 2 nitrogen and oxygen atoms in total. The molecule has 1 N–H and O–H groups in total. The van der Waals surface area contributed by atoms with E-state index in [0.29, 0.717) is 18.3 Å². The van der Waals surface area contributed by atoms with Crippen molar-refractivity contribution in [2.75, 3.05) is 18.5 Å². The number of nitrogens with one attached hydrogen (secondary N) is 1. The minimum absolute atomic E-state index is 0.532. The number of halogens is 4. The Bertz CT molecular complexity index is 444. The van der Waals surface area contributed by atoms with Gasteiger partial charge in [0.05, 0.1) is 0 Å². The third-order valence-corrected chi connectivity index (χ3v) is 3.53. The second-order valence-electron chi connectivity index (χ2n) is 4.90. The highest BCUT2D eigenvalue weighted by atomic mass is 79.9. The average Bonchev–Trinajstić information content (AvgIpc) is 3.09. The van der Waals surface area contributed by atoms with Crippen LogP contribution in [0, 0.1) is 0 Å². The normalized spacial score (nSPS) is 15.6. The van der Waals surface area contributed by atoms with Crippen molar-refractivity contribution < 1.29 is 13.2 Å². The number of hydrogen-bond acceptors (Lipinski definition) is 2. The first-order valence-electron chi connectivity index (χ1n) is 6.15. The zero-order chi connectivity index (χ0) is 14.0. The molecule has 6 heteroatoms. The maximum atomic E-state index is 12.5. The summed E-state index contributed by atoms with van der Waals surface area (Å²) in [7, 11) is 1.47. The Balaban J connectivity index is 2.12. The number of anilines is 1. The molecule has 2 rings (SSSR count). The van der Waals surface area contributed by atoms with E-state index in [1.807, 2.05) is 12.1 Å². The van der Waals surface area contributed by atoms with Gasteiger partial charge in [-0.2, -0.15) is 13.2 Å². The fourth-order valence-corrected chi connectivity index (χ4v) is 2.29. The van der Waals surface area contributed by atoms with Crippen LogP contribution in [0.25, 0.3) is 0 Å². The van der Waals surface area contributed by atoms with Gasteiger partial charge in [-0.25, -0.2) is 0 Å². The summed E-state index contributed by atoms with van der Waals surface area (Å²) in [5, 5.41) is 3.33. The zero-order valence-corrected chi connectivity index (χ0v) is 12.2. The van der Waals surface area contributed by atoms with Crippen LogP contribution in [0.15, 0.2) is 22.7 Å². The third kappa shape index (κ3) is 4.69. The smallest absolute Gasteiger partial charge is 0.365 e. The van der Waals surface area contributed by atoms with Crippen LogP contribution in [0.2, 0.25) is 0 Å². The molecule has 1 aromatic carbocycles. The summed E-state index contributed by atoms with van der Waals surface area (Å²) in [4.78, 5) is 1.24. The first kappa shape index (κ1) is 14.7. The van der Waals surface area contributed by atoms with E-state index in [9.17, 15) is 13.2 Å². The van der Waals surface area contributed by atoms with Gasteiger partial charge >= 0.3 is 6.18 Å². The van der Waals surface area contributed by atoms with Gasteiger partial charge in [0.1, 0.15) is 6.54 Å². The fourth-order valence-electron chi connectivity index (χ4n) is 1.94. The second-order valence-corrected chi connectivity index (χ2v) is 5.82. The predicted octanol–water partition coefficient (Wildman–Crippen LogP) is 3.70. The van der Waals surface area contributed by atoms with Crippen LogP contribution in [-0.2, 0) is 6.54 Å². The third-order valence-electron chi connectivity index (χ3n) is 3.03. The van der Waals surface area contributed by atoms with Crippen LogP contribution in [0.4, 0.5) is 18.9 Å². The highest BCUT2D eigenvalue weighted by Gasteiger charge is 2.30. The van der Waals surface area contributed by atoms with Crippen molar-refractivity contribution in [3.8, 4) is 0 Å². The van der Waals surface area contributed by atoms with Crippen molar-refractivity contribution >= 4 is 21.6 Å². The van der Waals surface area contributed by atoms with Crippen molar-refractivity contribution in [1.82, 2.24) is 5.32 Å². The SMILES string of the molecule is CN(CC(F)(F)F)c1cc(Br)ccc1CNC1CC1. The van der Waals surface area contributed by atoms with E-state index in [-0.39, 0.29) is 0 Å². The molecule has 0 atom stereocenters. The standard InChI is InChI=1S/C13H16BrF3N2/c1-19(8-13(15,16)17)12-6-10(14)3-2-9(12)7-18-11-4-5-11/h2-3,6,11,18H,4-5,7-8H2,1H3. The number of rotatable bonds is 5. The van der Waals surface area contributed by atoms with E-state index in [1.54, 1.807) is 6.07 Å². The first-order valence-corrected chi connectivity index (χ1v) is 6.94. The molecular formula is C13H16BrF3N2. The molecule has 0 amide bonds. The highest BCUT2D eigenvalue weighted by molar-refractivity contribution is 9.10. The molecule has 1 fully saturated rings. The molecule has 1 aliphatic carbocycles. The lowest BCUT2D eigenvalue weighted by Crippen LogP contribution is -2.32. The van der Waals surface area contributed by atoms with E-state index < -0.39 is 12.7 Å². The van der Waals surface area contributed by atoms with Crippen molar-refractivity contribution in [2.45, 2.75) is 31.6 Å². The van der Waals surface area contributed by atoms with Gasteiger partial charge in [0, 0.05) is 29.8 Å². The second kappa shape index (κ2) is 5.71. The van der Waals surface area contributed by atoms with Crippen LogP contribution in [-0.4, -0.2) is 25.8 Å². The lowest BCUT2D eigenvalue weighted by molar-refractivity contribution is -0.119. The monoisotopic (exact) mass is 336 g/mol. The zero-order valence-electron chi connectivity index (χ0n) is 10.6. The average molecular weight is 337 g/mol. The summed E-state index contributed by atoms with van der Waals surface area (Å²) in [6.45, 7) is -0.338. The lowest BCUT2D eigenvalue weighted by Gasteiger charge is -2.24. The highest BCUT2D eigenvalue weighted by Crippen LogP contribution is 2.28. The molecular weight excluding hydrogens is 321 g/mol. The molecule has 19 heavy (non-hydrogen) atoms. The molecule has 1 aliphatic rings. The van der Waals surface area contributed by atoms with Crippen molar-refractivity contribution in [1.29, 1.82) is 0 Å². The Morgan fingerprint density at radius 2 is 2.05 bits per heavy atom. The van der Waals surface area contributed by atoms with Gasteiger partial charge in [-0.3, -0.25) is 0 Å². The molecule has 1 saturated carbocycles. The van der Waals surface area contributed by atoms with Crippen LogP contribution < -0.4 is 10.2 Å². The molecule has 0 heterocycles. The minimum Gasteiger partial charge on any atom is -0.365 e. The Morgan fingerprint density at radius 3 is 2.63 bits per heavy atom. The Morgan fingerprint density at radius 1 is 1.37 bits per heavy atom. The summed E-state index contributed by atoms with van der Waals surface area (Å²) in [5.41, 5.74) is 1.50. The van der Waals surface area contributed by atoms with Crippen molar-refractivity contribution in [2.24, 2.45) is 0 Å². The molecule has 1 aromatic rings. The molecule has 0 bridgehead atoms. The first-order chi connectivity index (χ1) is 8.85. The molecule has 0 spiro atoms. The van der Waals surface area contributed by atoms with Crippen molar-refractivity contribution in [3.05, 3.63) is 28.2 Å². The summed E-state index contributed by atoms with van der Waals surface area (Å²) < 4.78 is 38.2. The summed E-state index contributed by atoms with van der Waals surface area (Å²) in [6, 6.07) is 5.98. The van der Waals surface area contributed by atoms with Gasteiger partial charge < -0.3 is 10.2 Å². The lowest BCUT2D eigenvalue weighted by atomic mass is 10.1. The van der Waals surface area contributed by atoms with E-state index in [1.165, 1.54) is 11.9 Å². The number of hydrogen-bond donors (Lipinski definition) is 1. The minimum atomic E-state index is -4.20. The summed E-state index contributed by atoms with van der Waals surface area (Å²) in [5.74, 6) is 0. The Kier molecular flexibility index (Phi) is 4.40. The molecule has 106 valence electrons. The van der Waals surface area contributed by atoms with Crippen LogP contribution in [0.3, 0.4) is 0 Å².